The smallest absolute Gasteiger partial charge is 0.312 e. The minimum Gasteiger partial charge on any atom is -0.408 e. The average Bonchev–Trinajstić information content (AvgIpc) is 2.89. The predicted octanol–water partition coefficient (Wildman–Crippen LogP) is 4.02. The van der Waals surface area contributed by atoms with Crippen molar-refractivity contribution in [1.29, 1.82) is 0 Å². The van der Waals surface area contributed by atoms with Crippen molar-refractivity contribution in [3.8, 4) is 5.88 Å². The van der Waals surface area contributed by atoms with Gasteiger partial charge in [0.2, 0.25) is 11.8 Å². The van der Waals surface area contributed by atoms with Gasteiger partial charge in [0.15, 0.2) is 4.80 Å². The SMILES string of the molecule is CCC(=O)Oc1c(C)sc(=Nc2ccccc2CC)n1C(=O)CC. The van der Waals surface area contributed by atoms with Crippen LogP contribution in [0.4, 0.5) is 5.69 Å². The number of carbonyl (C=O) groups excluding carboxylic acids is 2. The van der Waals surface area contributed by atoms with E-state index < -0.39 is 0 Å². The molecule has 2 rings (SSSR count). The van der Waals surface area contributed by atoms with Crippen LogP contribution in [0.25, 0.3) is 0 Å². The third-order valence-corrected chi connectivity index (χ3v) is 4.52. The van der Waals surface area contributed by atoms with Crippen LogP contribution < -0.4 is 9.54 Å². The van der Waals surface area contributed by atoms with Gasteiger partial charge in [0.05, 0.1) is 10.6 Å². The Morgan fingerprint density at radius 1 is 1.17 bits per heavy atom. The van der Waals surface area contributed by atoms with E-state index >= 15 is 0 Å². The molecule has 1 aromatic carbocycles. The molecule has 0 radical (unpaired) electrons. The zero-order valence-electron chi connectivity index (χ0n) is 14.5. The predicted molar refractivity (Wildman–Crippen MR) is 94.9 cm³/mol. The molecule has 5 nitrogen and oxygen atoms in total. The number of hydrogen-bond donors (Lipinski definition) is 0. The Kier molecular flexibility index (Phi) is 6.09. The first kappa shape index (κ1) is 18.1. The molecule has 2 aromatic rings. The summed E-state index contributed by atoms with van der Waals surface area (Å²) in [5, 5.41) is 0. The molecule has 0 unspecified atom stereocenters. The molecule has 0 amide bonds. The Balaban J connectivity index is 2.65. The van der Waals surface area contributed by atoms with E-state index in [-0.39, 0.29) is 24.2 Å². The van der Waals surface area contributed by atoms with E-state index in [1.54, 1.807) is 13.8 Å². The molecule has 24 heavy (non-hydrogen) atoms. The molecule has 0 aliphatic rings. The minimum atomic E-state index is -0.367. The molecule has 0 N–H and O–H groups in total. The summed E-state index contributed by atoms with van der Waals surface area (Å²) in [6, 6.07) is 7.83. The van der Waals surface area contributed by atoms with Crippen LogP contribution in [0.1, 0.15) is 48.8 Å². The number of benzene rings is 1. The van der Waals surface area contributed by atoms with Gasteiger partial charge in [-0.3, -0.25) is 9.59 Å². The van der Waals surface area contributed by atoms with E-state index in [0.717, 1.165) is 22.5 Å². The molecule has 6 heteroatoms. The molecule has 0 aliphatic carbocycles. The number of ether oxygens (including phenoxy) is 1. The van der Waals surface area contributed by atoms with Crippen LogP contribution >= 0.6 is 11.3 Å². The molecule has 0 saturated heterocycles. The van der Waals surface area contributed by atoms with Crippen LogP contribution in [0.2, 0.25) is 0 Å². The molecular formula is C18H22N2O3S. The summed E-state index contributed by atoms with van der Waals surface area (Å²) in [7, 11) is 0. The van der Waals surface area contributed by atoms with Crippen LogP contribution in [0.5, 0.6) is 5.88 Å². The first-order chi connectivity index (χ1) is 11.5. The molecule has 0 atom stereocenters. The van der Waals surface area contributed by atoms with E-state index in [1.807, 2.05) is 31.2 Å². The Hall–Kier alpha value is -2.21. The van der Waals surface area contributed by atoms with Crippen molar-refractivity contribution < 1.29 is 14.3 Å². The van der Waals surface area contributed by atoms with Crippen LogP contribution in [-0.4, -0.2) is 16.4 Å². The number of thiazole rings is 1. The normalized spacial score (nSPS) is 11.6. The van der Waals surface area contributed by atoms with Gasteiger partial charge in [-0.1, -0.05) is 50.3 Å². The number of rotatable bonds is 5. The van der Waals surface area contributed by atoms with Gasteiger partial charge in [0.25, 0.3) is 0 Å². The summed E-state index contributed by atoms with van der Waals surface area (Å²) in [5.74, 6) is -0.230. The van der Waals surface area contributed by atoms with Gasteiger partial charge in [-0.15, -0.1) is 0 Å². The van der Waals surface area contributed by atoms with E-state index in [2.05, 4.69) is 11.9 Å². The Labute approximate surface area is 145 Å². The zero-order valence-corrected chi connectivity index (χ0v) is 15.3. The quantitative estimate of drug-likeness (QED) is 0.768. The lowest BCUT2D eigenvalue weighted by Gasteiger charge is -2.07. The summed E-state index contributed by atoms with van der Waals surface area (Å²) in [5.41, 5.74) is 1.93. The number of hydrogen-bond acceptors (Lipinski definition) is 5. The molecule has 128 valence electrons. The molecular weight excluding hydrogens is 324 g/mol. The highest BCUT2D eigenvalue weighted by molar-refractivity contribution is 7.09. The third kappa shape index (κ3) is 3.82. The third-order valence-electron chi connectivity index (χ3n) is 3.58. The van der Waals surface area contributed by atoms with E-state index in [0.29, 0.717) is 11.2 Å². The van der Waals surface area contributed by atoms with Gasteiger partial charge in [-0.2, -0.15) is 0 Å². The summed E-state index contributed by atoms with van der Waals surface area (Å²) < 4.78 is 6.79. The van der Waals surface area contributed by atoms with Crippen LogP contribution in [0.3, 0.4) is 0 Å². The van der Waals surface area contributed by atoms with Crippen molar-refractivity contribution in [2.24, 2.45) is 4.99 Å². The van der Waals surface area contributed by atoms with Crippen LogP contribution in [0, 0.1) is 6.92 Å². The van der Waals surface area contributed by atoms with Gasteiger partial charge >= 0.3 is 5.97 Å². The molecule has 0 aliphatic heterocycles. The van der Waals surface area contributed by atoms with E-state index in [1.165, 1.54) is 15.9 Å². The van der Waals surface area contributed by atoms with Crippen LogP contribution in [0.15, 0.2) is 29.3 Å². The Bertz CT molecular complexity index is 818. The van der Waals surface area contributed by atoms with E-state index in [9.17, 15) is 9.59 Å². The second-order valence-electron chi connectivity index (χ2n) is 5.25. The van der Waals surface area contributed by atoms with Gasteiger partial charge < -0.3 is 4.74 Å². The number of nitrogens with zero attached hydrogens (tertiary/aromatic N) is 2. The minimum absolute atomic E-state index is 0.147. The average molecular weight is 346 g/mol. The van der Waals surface area contributed by atoms with Crippen molar-refractivity contribution in [3.05, 3.63) is 39.5 Å². The lowest BCUT2D eigenvalue weighted by molar-refractivity contribution is -0.134. The maximum absolute atomic E-state index is 12.4. The maximum atomic E-state index is 12.4. The fourth-order valence-electron chi connectivity index (χ4n) is 2.24. The monoisotopic (exact) mass is 346 g/mol. The van der Waals surface area contributed by atoms with Crippen molar-refractivity contribution in [2.75, 3.05) is 0 Å². The first-order valence-electron chi connectivity index (χ1n) is 8.10. The first-order valence-corrected chi connectivity index (χ1v) is 8.92. The summed E-state index contributed by atoms with van der Waals surface area (Å²) in [4.78, 5) is 30.0. The molecule has 1 aromatic heterocycles. The van der Waals surface area contributed by atoms with Gasteiger partial charge in [-0.25, -0.2) is 9.56 Å². The molecule has 0 saturated carbocycles. The highest BCUT2D eigenvalue weighted by atomic mass is 32.1. The Morgan fingerprint density at radius 2 is 1.88 bits per heavy atom. The highest BCUT2D eigenvalue weighted by Crippen LogP contribution is 2.24. The van der Waals surface area contributed by atoms with Crippen LogP contribution in [-0.2, 0) is 11.2 Å². The largest absolute Gasteiger partial charge is 0.408 e. The number of aryl methyl sites for hydroxylation is 2. The summed E-state index contributed by atoms with van der Waals surface area (Å²) in [6.45, 7) is 7.39. The number of para-hydroxylation sites is 1. The summed E-state index contributed by atoms with van der Waals surface area (Å²) >= 11 is 1.35. The highest BCUT2D eigenvalue weighted by Gasteiger charge is 2.19. The molecule has 0 spiro atoms. The number of aromatic nitrogens is 1. The fourth-order valence-corrected chi connectivity index (χ4v) is 3.15. The second-order valence-corrected chi connectivity index (χ2v) is 6.43. The standard InChI is InChI=1S/C18H22N2O3S/c1-5-13-10-8-9-11-14(13)19-18-20(15(21)6-2)17(12(4)24-18)23-16(22)7-3/h8-11H,5-7H2,1-4H3. The lowest BCUT2D eigenvalue weighted by Crippen LogP contribution is -2.24. The number of esters is 1. The maximum Gasteiger partial charge on any atom is 0.312 e. The zero-order chi connectivity index (χ0) is 17.7. The number of carbonyl (C=O) groups is 2. The topological polar surface area (TPSA) is 60.7 Å². The van der Waals surface area contributed by atoms with Gasteiger partial charge in [-0.05, 0) is 25.0 Å². The van der Waals surface area contributed by atoms with E-state index in [4.69, 9.17) is 4.74 Å². The van der Waals surface area contributed by atoms with Crippen molar-refractivity contribution >= 4 is 28.9 Å². The molecule has 1 heterocycles. The second kappa shape index (κ2) is 8.06. The Morgan fingerprint density at radius 3 is 2.50 bits per heavy atom. The fraction of sp³-hybridized carbons (Fsp3) is 0.389. The van der Waals surface area contributed by atoms with Gasteiger partial charge in [0, 0.05) is 12.8 Å². The lowest BCUT2D eigenvalue weighted by atomic mass is 10.1. The summed E-state index contributed by atoms with van der Waals surface area (Å²) in [6.07, 6.45) is 1.40. The van der Waals surface area contributed by atoms with Gasteiger partial charge in [0.1, 0.15) is 0 Å². The molecule has 0 fully saturated rings. The van der Waals surface area contributed by atoms with Crippen molar-refractivity contribution in [3.63, 3.8) is 0 Å². The van der Waals surface area contributed by atoms with Crippen molar-refractivity contribution in [1.82, 2.24) is 4.57 Å². The van der Waals surface area contributed by atoms with Crippen molar-refractivity contribution in [2.45, 2.75) is 47.0 Å². The molecule has 0 bridgehead atoms.